The number of nitrogens with zero attached hydrogens (tertiary/aromatic N) is 2. The number of benzene rings is 1. The van der Waals surface area contributed by atoms with Gasteiger partial charge in [0.1, 0.15) is 0 Å². The summed E-state index contributed by atoms with van der Waals surface area (Å²) in [7, 11) is 0. The van der Waals surface area contributed by atoms with Crippen LogP contribution in [-0.4, -0.2) is 18.1 Å². The molecule has 2 nitrogen and oxygen atoms in total. The molecule has 1 aromatic carbocycles. The summed E-state index contributed by atoms with van der Waals surface area (Å²) < 4.78 is 77.3. The molecule has 0 aliphatic carbocycles. The van der Waals surface area contributed by atoms with Crippen LogP contribution in [0.2, 0.25) is 0 Å². The van der Waals surface area contributed by atoms with Gasteiger partial charge in [0.15, 0.2) is 0 Å². The molecule has 0 saturated heterocycles. The fraction of sp³-hybridized carbons (Fsp3) is 0.286. The molecule has 0 aromatic heterocycles. The van der Waals surface area contributed by atoms with E-state index in [9.17, 15) is 26.3 Å². The monoisotopic (exact) mass is 352 g/mol. The lowest BCUT2D eigenvalue weighted by molar-refractivity contribution is -0.174. The molecule has 0 saturated carbocycles. The zero-order valence-corrected chi connectivity index (χ0v) is 12.3. The first-order valence-corrected chi connectivity index (χ1v) is 7.20. The van der Waals surface area contributed by atoms with Gasteiger partial charge in [-0.2, -0.15) is 36.6 Å². The van der Waals surface area contributed by atoms with E-state index < -0.39 is 23.6 Å². The van der Waals surface area contributed by atoms with E-state index in [2.05, 4.69) is 16.8 Å². The van der Waals surface area contributed by atoms with Crippen molar-refractivity contribution in [2.75, 3.05) is 5.75 Å². The van der Waals surface area contributed by atoms with E-state index in [1.807, 2.05) is 0 Å². The minimum Gasteiger partial charge on any atom is -0.170 e. The van der Waals surface area contributed by atoms with Gasteiger partial charge in [0, 0.05) is 11.1 Å². The van der Waals surface area contributed by atoms with Crippen LogP contribution in [0.15, 0.2) is 52.2 Å². The van der Waals surface area contributed by atoms with E-state index >= 15 is 0 Å². The fourth-order valence-electron chi connectivity index (χ4n) is 1.99. The highest BCUT2D eigenvalue weighted by molar-refractivity contribution is 7.99. The molecule has 1 aromatic rings. The number of hydrogen-bond acceptors (Lipinski definition) is 3. The highest BCUT2D eigenvalue weighted by Gasteiger charge is 2.56. The molecule has 1 unspecified atom stereocenters. The third kappa shape index (κ3) is 3.60. The number of halogens is 6. The summed E-state index contributed by atoms with van der Waals surface area (Å²) in [5.74, 6) is -1.21. The van der Waals surface area contributed by atoms with Crippen molar-refractivity contribution >= 4 is 17.8 Å². The average molecular weight is 352 g/mol. The van der Waals surface area contributed by atoms with Gasteiger partial charge in [-0.1, -0.05) is 24.8 Å². The van der Waals surface area contributed by atoms with Crippen molar-refractivity contribution in [3.63, 3.8) is 0 Å². The van der Waals surface area contributed by atoms with Crippen molar-refractivity contribution in [2.24, 2.45) is 10.2 Å². The van der Waals surface area contributed by atoms with Crippen molar-refractivity contribution in [3.8, 4) is 0 Å². The van der Waals surface area contributed by atoms with Crippen LogP contribution in [-0.2, 0) is 5.54 Å². The largest absolute Gasteiger partial charge is 0.423 e. The number of azo groups is 1. The van der Waals surface area contributed by atoms with E-state index in [0.717, 1.165) is 24.4 Å². The normalized spacial score (nSPS) is 21.0. The lowest BCUT2D eigenvalue weighted by Gasteiger charge is -2.26. The van der Waals surface area contributed by atoms with E-state index in [0.29, 0.717) is 17.3 Å². The Morgan fingerprint density at radius 1 is 1.17 bits per heavy atom. The summed E-state index contributed by atoms with van der Waals surface area (Å²) in [6.45, 7) is 3.46. The van der Waals surface area contributed by atoms with Crippen LogP contribution in [0.3, 0.4) is 0 Å². The van der Waals surface area contributed by atoms with Crippen LogP contribution in [0.4, 0.5) is 26.3 Å². The number of rotatable bonds is 4. The van der Waals surface area contributed by atoms with Crippen LogP contribution in [0, 0.1) is 0 Å². The summed E-state index contributed by atoms with van der Waals surface area (Å²) in [6, 6.07) is 3.50. The second kappa shape index (κ2) is 6.03. The van der Waals surface area contributed by atoms with Gasteiger partial charge in [-0.15, -0.1) is 11.8 Å². The third-order valence-electron chi connectivity index (χ3n) is 3.09. The first kappa shape index (κ1) is 17.6. The number of alkyl halides is 6. The van der Waals surface area contributed by atoms with Crippen molar-refractivity contribution in [1.29, 1.82) is 0 Å². The molecule has 23 heavy (non-hydrogen) atoms. The Kier molecular flexibility index (Phi) is 4.61. The SMILES string of the molecule is C=Cc1ccc(C2(C(F)(F)F)C=CN=N2)cc1SCC(F)(F)F. The molecule has 0 fully saturated rings. The first-order valence-electron chi connectivity index (χ1n) is 6.22. The van der Waals surface area contributed by atoms with Gasteiger partial charge in [-0.05, 0) is 23.3 Å². The minimum atomic E-state index is -4.76. The Bertz CT molecular complexity index is 648. The van der Waals surface area contributed by atoms with Gasteiger partial charge >= 0.3 is 12.4 Å². The zero-order chi connectivity index (χ0) is 17.3. The van der Waals surface area contributed by atoms with Crippen molar-refractivity contribution in [1.82, 2.24) is 0 Å². The fourth-order valence-corrected chi connectivity index (χ4v) is 2.84. The van der Waals surface area contributed by atoms with E-state index in [4.69, 9.17) is 0 Å². The van der Waals surface area contributed by atoms with Gasteiger partial charge in [0.2, 0.25) is 5.54 Å². The molecular weight excluding hydrogens is 342 g/mol. The van der Waals surface area contributed by atoms with Crippen LogP contribution >= 0.6 is 11.8 Å². The van der Waals surface area contributed by atoms with Crippen LogP contribution < -0.4 is 0 Å². The summed E-state index contributed by atoms with van der Waals surface area (Å²) >= 11 is 0.401. The first-order chi connectivity index (χ1) is 10.6. The topological polar surface area (TPSA) is 24.7 Å². The molecule has 0 amide bonds. The van der Waals surface area contributed by atoms with Crippen LogP contribution in [0.25, 0.3) is 6.08 Å². The van der Waals surface area contributed by atoms with Crippen LogP contribution in [0.1, 0.15) is 11.1 Å². The van der Waals surface area contributed by atoms with Gasteiger partial charge in [0.25, 0.3) is 0 Å². The highest BCUT2D eigenvalue weighted by atomic mass is 32.2. The summed E-state index contributed by atoms with van der Waals surface area (Å²) in [4.78, 5) is 0.0500. The quantitative estimate of drug-likeness (QED) is 0.502. The van der Waals surface area contributed by atoms with Gasteiger partial charge < -0.3 is 0 Å². The molecule has 1 atom stereocenters. The molecule has 1 aliphatic heterocycles. The zero-order valence-electron chi connectivity index (χ0n) is 11.4. The Labute approximate surface area is 132 Å². The highest BCUT2D eigenvalue weighted by Crippen LogP contribution is 2.47. The second-order valence-electron chi connectivity index (χ2n) is 4.66. The molecule has 2 rings (SSSR count). The summed E-state index contributed by atoms with van der Waals surface area (Å²) in [5.41, 5.74) is -2.64. The predicted octanol–water partition coefficient (Wildman–Crippen LogP) is 5.72. The lowest BCUT2D eigenvalue weighted by atomic mass is 9.89. The van der Waals surface area contributed by atoms with Gasteiger partial charge in [-0.25, -0.2) is 0 Å². The number of hydrogen-bond donors (Lipinski definition) is 0. The maximum absolute atomic E-state index is 13.4. The standard InChI is InChI=1S/C14H10F6N2S/c1-2-9-3-4-10(7-11(9)23-8-13(15,16)17)12(14(18,19)20)5-6-21-22-12/h2-7H,1,8H2. The summed E-state index contributed by atoms with van der Waals surface area (Å²) in [5, 5.41) is 6.50. The average Bonchev–Trinajstić information content (AvgIpc) is 2.94. The second-order valence-corrected chi connectivity index (χ2v) is 5.67. The molecular formula is C14H10F6N2S. The molecule has 0 N–H and O–H groups in total. The third-order valence-corrected chi connectivity index (χ3v) is 4.23. The Hall–Kier alpha value is -1.77. The predicted molar refractivity (Wildman–Crippen MR) is 75.0 cm³/mol. The Morgan fingerprint density at radius 2 is 1.87 bits per heavy atom. The molecule has 124 valence electrons. The van der Waals surface area contributed by atoms with Gasteiger partial charge in [0.05, 0.1) is 5.75 Å². The Balaban J connectivity index is 2.46. The van der Waals surface area contributed by atoms with Crippen molar-refractivity contribution < 1.29 is 26.3 Å². The molecule has 1 aliphatic rings. The lowest BCUT2D eigenvalue weighted by Crippen LogP contribution is -2.37. The molecule has 0 bridgehead atoms. The molecule has 9 heteroatoms. The molecule has 0 spiro atoms. The number of thioether (sulfide) groups is 1. The van der Waals surface area contributed by atoms with Crippen molar-refractivity contribution in [2.45, 2.75) is 22.8 Å². The summed E-state index contributed by atoms with van der Waals surface area (Å²) in [6.07, 6.45) is -6.22. The van der Waals surface area contributed by atoms with Crippen LogP contribution in [0.5, 0.6) is 0 Å². The maximum atomic E-state index is 13.4. The minimum absolute atomic E-state index is 0.0500. The van der Waals surface area contributed by atoms with E-state index in [1.165, 1.54) is 12.1 Å². The Morgan fingerprint density at radius 3 is 2.35 bits per heavy atom. The van der Waals surface area contributed by atoms with E-state index in [1.54, 1.807) is 0 Å². The molecule has 1 heterocycles. The maximum Gasteiger partial charge on any atom is 0.423 e. The molecule has 0 radical (unpaired) electrons. The van der Waals surface area contributed by atoms with Gasteiger partial charge in [-0.3, -0.25) is 0 Å². The van der Waals surface area contributed by atoms with E-state index in [-0.39, 0.29) is 10.5 Å². The van der Waals surface area contributed by atoms with Crippen molar-refractivity contribution in [3.05, 3.63) is 48.2 Å². The smallest absolute Gasteiger partial charge is 0.170 e.